The van der Waals surface area contributed by atoms with Gasteiger partial charge in [0.1, 0.15) is 0 Å². The third-order valence-corrected chi connectivity index (χ3v) is 3.88. The van der Waals surface area contributed by atoms with E-state index < -0.39 is 0 Å². The summed E-state index contributed by atoms with van der Waals surface area (Å²) in [7, 11) is 3.25. The van der Waals surface area contributed by atoms with Crippen LogP contribution in [-0.2, 0) is 0 Å². The van der Waals surface area contributed by atoms with Crippen molar-refractivity contribution < 1.29 is 9.47 Å². The first-order valence-corrected chi connectivity index (χ1v) is 6.71. The van der Waals surface area contributed by atoms with Crippen molar-refractivity contribution in [3.05, 3.63) is 22.7 Å². The van der Waals surface area contributed by atoms with Crippen LogP contribution in [0.15, 0.2) is 12.1 Å². The molecule has 1 aliphatic carbocycles. The van der Waals surface area contributed by atoms with Gasteiger partial charge in [-0.05, 0) is 43.0 Å². The van der Waals surface area contributed by atoms with Crippen molar-refractivity contribution in [3.63, 3.8) is 0 Å². The lowest BCUT2D eigenvalue weighted by Crippen LogP contribution is -2.16. The van der Waals surface area contributed by atoms with Crippen LogP contribution in [0.2, 0.25) is 5.02 Å². The van der Waals surface area contributed by atoms with E-state index in [1.165, 1.54) is 12.0 Å². The fourth-order valence-corrected chi connectivity index (χ4v) is 2.75. The number of hydrogen-bond donors (Lipinski definition) is 1. The molecule has 18 heavy (non-hydrogen) atoms. The molecule has 2 atom stereocenters. The first kappa shape index (κ1) is 13.5. The first-order valence-electron chi connectivity index (χ1n) is 6.34. The van der Waals surface area contributed by atoms with Crippen molar-refractivity contribution in [1.29, 1.82) is 0 Å². The van der Waals surface area contributed by atoms with Crippen LogP contribution < -0.4 is 14.8 Å². The molecule has 2 unspecified atom stereocenters. The second kappa shape index (κ2) is 5.81. The van der Waals surface area contributed by atoms with Crippen molar-refractivity contribution in [2.24, 2.45) is 5.92 Å². The van der Waals surface area contributed by atoms with Gasteiger partial charge in [0.25, 0.3) is 0 Å². The molecule has 0 aromatic heterocycles. The summed E-state index contributed by atoms with van der Waals surface area (Å²) in [5.74, 6) is 2.58. The Balaban J connectivity index is 2.15. The monoisotopic (exact) mass is 269 g/mol. The number of benzene rings is 1. The molecule has 3 nitrogen and oxygen atoms in total. The molecule has 1 aromatic carbocycles. The molecular weight excluding hydrogens is 250 g/mol. The molecule has 100 valence electrons. The van der Waals surface area contributed by atoms with E-state index in [1.54, 1.807) is 14.2 Å². The van der Waals surface area contributed by atoms with Gasteiger partial charge >= 0.3 is 0 Å². The molecule has 0 saturated heterocycles. The molecule has 0 heterocycles. The summed E-state index contributed by atoms with van der Waals surface area (Å²) < 4.78 is 10.6. The second-order valence-electron chi connectivity index (χ2n) is 4.61. The minimum atomic E-state index is 0.552. The van der Waals surface area contributed by atoms with Gasteiger partial charge in [0.15, 0.2) is 11.5 Å². The third kappa shape index (κ3) is 2.57. The normalized spacial score (nSPS) is 21.8. The van der Waals surface area contributed by atoms with Crippen molar-refractivity contribution in [3.8, 4) is 11.5 Å². The SMILES string of the molecule is CCNCC1CC1c1ccc(OC)c(OC)c1Cl. The zero-order chi connectivity index (χ0) is 13.1. The summed E-state index contributed by atoms with van der Waals surface area (Å²) in [6, 6.07) is 3.99. The van der Waals surface area contributed by atoms with E-state index in [1.807, 2.05) is 6.07 Å². The molecule has 1 N–H and O–H groups in total. The van der Waals surface area contributed by atoms with Gasteiger partial charge in [-0.25, -0.2) is 0 Å². The van der Waals surface area contributed by atoms with E-state index in [0.29, 0.717) is 28.4 Å². The van der Waals surface area contributed by atoms with Gasteiger partial charge < -0.3 is 14.8 Å². The Morgan fingerprint density at radius 2 is 2.11 bits per heavy atom. The van der Waals surface area contributed by atoms with Crippen LogP contribution in [-0.4, -0.2) is 27.3 Å². The maximum absolute atomic E-state index is 6.40. The molecule has 0 radical (unpaired) electrons. The minimum Gasteiger partial charge on any atom is -0.493 e. The number of halogens is 1. The largest absolute Gasteiger partial charge is 0.493 e. The summed E-state index contributed by atoms with van der Waals surface area (Å²) in [6.07, 6.45) is 1.20. The summed E-state index contributed by atoms with van der Waals surface area (Å²) in [5, 5.41) is 4.08. The first-order chi connectivity index (χ1) is 8.72. The lowest BCUT2D eigenvalue weighted by atomic mass is 10.1. The zero-order valence-electron chi connectivity index (χ0n) is 11.1. The van der Waals surface area contributed by atoms with E-state index in [9.17, 15) is 0 Å². The van der Waals surface area contributed by atoms with Crippen LogP contribution in [0.4, 0.5) is 0 Å². The fourth-order valence-electron chi connectivity index (χ4n) is 2.37. The van der Waals surface area contributed by atoms with E-state index in [4.69, 9.17) is 21.1 Å². The van der Waals surface area contributed by atoms with Crippen LogP contribution in [0.5, 0.6) is 11.5 Å². The number of ether oxygens (including phenoxy) is 2. The third-order valence-electron chi connectivity index (χ3n) is 3.49. The fraction of sp³-hybridized carbons (Fsp3) is 0.571. The Kier molecular flexibility index (Phi) is 4.36. The molecule has 0 spiro atoms. The standard InChI is InChI=1S/C14H20ClNO2/c1-4-16-8-9-7-11(9)10-5-6-12(17-2)14(18-3)13(10)15/h5-6,9,11,16H,4,7-8H2,1-3H3. The molecule has 4 heteroatoms. The summed E-state index contributed by atoms with van der Waals surface area (Å²) in [5.41, 5.74) is 1.18. The molecule has 1 fully saturated rings. The molecule has 0 amide bonds. The quantitative estimate of drug-likeness (QED) is 0.861. The molecule has 1 aliphatic rings. The van der Waals surface area contributed by atoms with Crippen LogP contribution in [0.25, 0.3) is 0 Å². The van der Waals surface area contributed by atoms with Crippen LogP contribution in [0.1, 0.15) is 24.8 Å². The predicted octanol–water partition coefficient (Wildman–Crippen LogP) is 3.07. The smallest absolute Gasteiger partial charge is 0.179 e. The molecule has 1 aromatic rings. The maximum Gasteiger partial charge on any atom is 0.179 e. The van der Waals surface area contributed by atoms with Gasteiger partial charge in [-0.1, -0.05) is 24.6 Å². The Hall–Kier alpha value is -0.930. The lowest BCUT2D eigenvalue weighted by molar-refractivity contribution is 0.354. The highest BCUT2D eigenvalue weighted by molar-refractivity contribution is 6.33. The van der Waals surface area contributed by atoms with E-state index in [-0.39, 0.29) is 0 Å². The number of nitrogens with one attached hydrogen (secondary N) is 1. The van der Waals surface area contributed by atoms with Crippen molar-refractivity contribution in [2.45, 2.75) is 19.3 Å². The van der Waals surface area contributed by atoms with Crippen LogP contribution >= 0.6 is 11.6 Å². The highest BCUT2D eigenvalue weighted by Gasteiger charge is 2.39. The van der Waals surface area contributed by atoms with E-state index in [0.717, 1.165) is 13.1 Å². The highest BCUT2D eigenvalue weighted by Crippen LogP contribution is 2.52. The Morgan fingerprint density at radius 3 is 2.72 bits per heavy atom. The predicted molar refractivity (Wildman–Crippen MR) is 73.9 cm³/mol. The topological polar surface area (TPSA) is 30.5 Å². The van der Waals surface area contributed by atoms with Gasteiger partial charge in [-0.2, -0.15) is 0 Å². The molecule has 0 aliphatic heterocycles. The van der Waals surface area contributed by atoms with Crippen LogP contribution in [0, 0.1) is 5.92 Å². The van der Waals surface area contributed by atoms with E-state index in [2.05, 4.69) is 18.3 Å². The van der Waals surface area contributed by atoms with Crippen molar-refractivity contribution >= 4 is 11.6 Å². The van der Waals surface area contributed by atoms with Gasteiger partial charge in [0, 0.05) is 0 Å². The number of rotatable bonds is 6. The van der Waals surface area contributed by atoms with Gasteiger partial charge in [0.05, 0.1) is 19.2 Å². The summed E-state index contributed by atoms with van der Waals surface area (Å²) >= 11 is 6.40. The molecular formula is C14H20ClNO2. The van der Waals surface area contributed by atoms with E-state index >= 15 is 0 Å². The Morgan fingerprint density at radius 1 is 1.33 bits per heavy atom. The zero-order valence-corrected chi connectivity index (χ0v) is 11.9. The summed E-state index contributed by atoms with van der Waals surface area (Å²) in [4.78, 5) is 0. The Labute approximate surface area is 113 Å². The second-order valence-corrected chi connectivity index (χ2v) is 4.99. The van der Waals surface area contributed by atoms with Crippen molar-refractivity contribution in [2.75, 3.05) is 27.3 Å². The van der Waals surface area contributed by atoms with Crippen LogP contribution in [0.3, 0.4) is 0 Å². The average Bonchev–Trinajstić information content (AvgIpc) is 3.15. The molecule has 1 saturated carbocycles. The minimum absolute atomic E-state index is 0.552. The molecule has 0 bridgehead atoms. The average molecular weight is 270 g/mol. The molecule has 2 rings (SSSR count). The lowest BCUT2D eigenvalue weighted by Gasteiger charge is -2.12. The van der Waals surface area contributed by atoms with Crippen molar-refractivity contribution in [1.82, 2.24) is 5.32 Å². The summed E-state index contributed by atoms with van der Waals surface area (Å²) in [6.45, 7) is 4.20. The van der Waals surface area contributed by atoms with Gasteiger partial charge in [0.2, 0.25) is 0 Å². The Bertz CT molecular complexity index is 423. The van der Waals surface area contributed by atoms with Gasteiger partial charge in [-0.15, -0.1) is 0 Å². The number of methoxy groups -OCH3 is 2. The highest BCUT2D eigenvalue weighted by atomic mass is 35.5. The van der Waals surface area contributed by atoms with Gasteiger partial charge in [-0.3, -0.25) is 0 Å². The maximum atomic E-state index is 6.40. The number of hydrogen-bond acceptors (Lipinski definition) is 3.